The number of aromatic nitrogens is 2. The molecule has 116 valence electrons. The number of benzene rings is 1. The summed E-state index contributed by atoms with van der Waals surface area (Å²) in [6, 6.07) is 9.73. The minimum absolute atomic E-state index is 0.157. The molecule has 1 aromatic carbocycles. The highest BCUT2D eigenvalue weighted by Crippen LogP contribution is 2.29. The highest BCUT2D eigenvalue weighted by Gasteiger charge is 2.31. The Bertz CT molecular complexity index is 639. The molecule has 0 radical (unpaired) electrons. The summed E-state index contributed by atoms with van der Waals surface area (Å²) in [7, 11) is 1.64. The van der Waals surface area contributed by atoms with Gasteiger partial charge in [0.15, 0.2) is 0 Å². The van der Waals surface area contributed by atoms with E-state index in [-0.39, 0.29) is 11.8 Å². The number of hydrogen-bond donors (Lipinski definition) is 1. The van der Waals surface area contributed by atoms with Gasteiger partial charge in [0.05, 0.1) is 13.0 Å². The van der Waals surface area contributed by atoms with Crippen LogP contribution in [0.15, 0.2) is 36.5 Å². The van der Waals surface area contributed by atoms with Gasteiger partial charge < -0.3 is 9.64 Å². The summed E-state index contributed by atoms with van der Waals surface area (Å²) >= 11 is 0. The minimum Gasteiger partial charge on any atom is -0.497 e. The minimum atomic E-state index is -0.157. The smallest absolute Gasteiger partial charge is 0.229 e. The van der Waals surface area contributed by atoms with Crippen molar-refractivity contribution in [2.45, 2.75) is 25.2 Å². The Balaban J connectivity index is 1.68. The van der Waals surface area contributed by atoms with Crippen LogP contribution in [0.25, 0.3) is 0 Å². The fourth-order valence-electron chi connectivity index (χ4n) is 3.04. The molecule has 3 rings (SSSR count). The van der Waals surface area contributed by atoms with Gasteiger partial charge in [0.1, 0.15) is 5.75 Å². The molecule has 0 spiro atoms. The van der Waals surface area contributed by atoms with Crippen LogP contribution in [0.3, 0.4) is 0 Å². The van der Waals surface area contributed by atoms with E-state index in [1.54, 1.807) is 13.3 Å². The average molecular weight is 299 g/mol. The fraction of sp³-hybridized carbons (Fsp3) is 0.412. The molecule has 5 heteroatoms. The van der Waals surface area contributed by atoms with Crippen LogP contribution in [0.2, 0.25) is 0 Å². The van der Waals surface area contributed by atoms with Crippen molar-refractivity contribution < 1.29 is 9.53 Å². The zero-order chi connectivity index (χ0) is 15.5. The van der Waals surface area contributed by atoms with E-state index < -0.39 is 0 Å². The van der Waals surface area contributed by atoms with Crippen LogP contribution in [-0.2, 0) is 4.79 Å². The zero-order valence-electron chi connectivity index (χ0n) is 13.0. The number of amides is 1. The summed E-state index contributed by atoms with van der Waals surface area (Å²) < 4.78 is 5.24. The van der Waals surface area contributed by atoms with Gasteiger partial charge in [-0.05, 0) is 37.1 Å². The number of H-pyrrole nitrogens is 1. The molecule has 0 aliphatic carbocycles. The molecular formula is C17H21N3O2. The summed E-state index contributed by atoms with van der Waals surface area (Å²) in [4.78, 5) is 14.7. The summed E-state index contributed by atoms with van der Waals surface area (Å²) in [5.41, 5.74) is 2.11. The third-order valence-electron chi connectivity index (χ3n) is 4.43. The van der Waals surface area contributed by atoms with E-state index in [2.05, 4.69) is 10.2 Å². The lowest BCUT2D eigenvalue weighted by Gasteiger charge is -2.21. The Morgan fingerprint density at radius 3 is 3.05 bits per heavy atom. The van der Waals surface area contributed by atoms with Crippen molar-refractivity contribution in [1.29, 1.82) is 0 Å². The second-order valence-corrected chi connectivity index (χ2v) is 5.78. The summed E-state index contributed by atoms with van der Waals surface area (Å²) in [6.45, 7) is 3.52. The molecule has 0 saturated carbocycles. The second-order valence-electron chi connectivity index (χ2n) is 5.78. The maximum absolute atomic E-state index is 12.7. The molecule has 2 atom stereocenters. The normalized spacial score (nSPS) is 19.2. The lowest BCUT2D eigenvalue weighted by atomic mass is 9.99. The van der Waals surface area contributed by atoms with Gasteiger partial charge in [-0.1, -0.05) is 12.1 Å². The number of likely N-dealkylation sites (tertiary alicyclic amines) is 1. The highest BCUT2D eigenvalue weighted by atomic mass is 16.5. The maximum atomic E-state index is 12.7. The molecule has 1 aliphatic rings. The number of ether oxygens (including phenoxy) is 1. The molecule has 1 saturated heterocycles. The first-order chi connectivity index (χ1) is 10.7. The van der Waals surface area contributed by atoms with E-state index in [1.165, 1.54) is 0 Å². The van der Waals surface area contributed by atoms with E-state index in [4.69, 9.17) is 4.74 Å². The number of nitrogens with one attached hydrogen (secondary N) is 1. The number of hydrogen-bond acceptors (Lipinski definition) is 3. The molecule has 1 aliphatic heterocycles. The van der Waals surface area contributed by atoms with Gasteiger partial charge in [-0.3, -0.25) is 9.89 Å². The fourth-order valence-corrected chi connectivity index (χ4v) is 3.04. The first-order valence-corrected chi connectivity index (χ1v) is 7.61. The molecular weight excluding hydrogens is 278 g/mol. The molecule has 1 fully saturated rings. The van der Waals surface area contributed by atoms with Crippen LogP contribution >= 0.6 is 0 Å². The zero-order valence-corrected chi connectivity index (χ0v) is 13.0. The lowest BCUT2D eigenvalue weighted by molar-refractivity contribution is -0.131. The number of methoxy groups -OCH3 is 1. The summed E-state index contributed by atoms with van der Waals surface area (Å²) in [5.74, 6) is 1.17. The Kier molecular flexibility index (Phi) is 4.13. The molecule has 22 heavy (non-hydrogen) atoms. The van der Waals surface area contributed by atoms with Gasteiger partial charge in [0.2, 0.25) is 5.91 Å². The van der Waals surface area contributed by atoms with Crippen LogP contribution < -0.4 is 4.74 Å². The molecule has 1 aromatic heterocycles. The van der Waals surface area contributed by atoms with Gasteiger partial charge >= 0.3 is 0 Å². The average Bonchev–Trinajstić information content (AvgIpc) is 3.24. The van der Waals surface area contributed by atoms with Crippen molar-refractivity contribution in [3.8, 4) is 5.75 Å². The predicted molar refractivity (Wildman–Crippen MR) is 83.9 cm³/mol. The van der Waals surface area contributed by atoms with Crippen molar-refractivity contribution in [3.63, 3.8) is 0 Å². The van der Waals surface area contributed by atoms with E-state index in [1.807, 2.05) is 42.2 Å². The first kappa shape index (κ1) is 14.6. The quantitative estimate of drug-likeness (QED) is 0.944. The van der Waals surface area contributed by atoms with Crippen LogP contribution in [0, 0.1) is 0 Å². The molecule has 2 heterocycles. The van der Waals surface area contributed by atoms with Gasteiger partial charge in [-0.2, -0.15) is 5.10 Å². The first-order valence-electron chi connectivity index (χ1n) is 7.61. The van der Waals surface area contributed by atoms with E-state index in [9.17, 15) is 4.79 Å². The third-order valence-corrected chi connectivity index (χ3v) is 4.43. The van der Waals surface area contributed by atoms with E-state index >= 15 is 0 Å². The monoisotopic (exact) mass is 299 g/mol. The predicted octanol–water partition coefficient (Wildman–Crippen LogP) is 2.54. The number of carbonyl (C=O) groups is 1. The van der Waals surface area contributed by atoms with Gasteiger partial charge in [-0.25, -0.2) is 0 Å². The maximum Gasteiger partial charge on any atom is 0.229 e. The molecule has 0 bridgehead atoms. The standard InChI is InChI=1S/C17H21N3O2/c1-12(13-4-3-5-15(10-13)22-2)17(21)20-9-7-14(11-20)16-6-8-18-19-16/h3-6,8,10,12,14H,7,9,11H2,1-2H3,(H,18,19). The Hall–Kier alpha value is -2.30. The lowest BCUT2D eigenvalue weighted by Crippen LogP contribution is -2.32. The topological polar surface area (TPSA) is 58.2 Å². The van der Waals surface area contributed by atoms with Crippen molar-refractivity contribution in [3.05, 3.63) is 47.8 Å². The van der Waals surface area contributed by atoms with E-state index in [0.29, 0.717) is 5.92 Å². The molecule has 5 nitrogen and oxygen atoms in total. The van der Waals surface area contributed by atoms with Crippen molar-refractivity contribution >= 4 is 5.91 Å². The number of aromatic amines is 1. The molecule has 1 amide bonds. The van der Waals surface area contributed by atoms with Gasteiger partial charge in [-0.15, -0.1) is 0 Å². The highest BCUT2D eigenvalue weighted by molar-refractivity contribution is 5.83. The molecule has 2 unspecified atom stereocenters. The largest absolute Gasteiger partial charge is 0.497 e. The third kappa shape index (κ3) is 2.84. The Morgan fingerprint density at radius 1 is 1.45 bits per heavy atom. The van der Waals surface area contributed by atoms with Crippen LogP contribution in [0.1, 0.15) is 36.4 Å². The summed E-state index contributed by atoms with van der Waals surface area (Å²) in [5, 5.41) is 7.01. The molecule has 1 N–H and O–H groups in total. The molecule has 2 aromatic rings. The second kappa shape index (κ2) is 6.22. The van der Waals surface area contributed by atoms with Crippen LogP contribution in [0.4, 0.5) is 0 Å². The van der Waals surface area contributed by atoms with Crippen LogP contribution in [0.5, 0.6) is 5.75 Å². The SMILES string of the molecule is COc1cccc(C(C)C(=O)N2CCC(c3ccn[nH]3)C2)c1. The van der Waals surface area contributed by atoms with Crippen LogP contribution in [-0.4, -0.2) is 41.2 Å². The Morgan fingerprint density at radius 2 is 2.32 bits per heavy atom. The van der Waals surface area contributed by atoms with Gasteiger partial charge in [0.25, 0.3) is 0 Å². The Labute approximate surface area is 130 Å². The van der Waals surface area contributed by atoms with E-state index in [0.717, 1.165) is 36.5 Å². The summed E-state index contributed by atoms with van der Waals surface area (Å²) in [6.07, 6.45) is 2.75. The number of rotatable bonds is 4. The van der Waals surface area contributed by atoms with Gasteiger partial charge in [0, 0.05) is 30.9 Å². The number of nitrogens with zero attached hydrogens (tertiary/aromatic N) is 2. The number of carbonyl (C=O) groups excluding carboxylic acids is 1. The van der Waals surface area contributed by atoms with Crippen molar-refractivity contribution in [1.82, 2.24) is 15.1 Å². The van der Waals surface area contributed by atoms with Crippen molar-refractivity contribution in [2.75, 3.05) is 20.2 Å². The van der Waals surface area contributed by atoms with Crippen molar-refractivity contribution in [2.24, 2.45) is 0 Å².